The number of carbonyl (C=O) groups excluding carboxylic acids is 1. The van der Waals surface area contributed by atoms with Crippen molar-refractivity contribution in [1.29, 1.82) is 0 Å². The summed E-state index contributed by atoms with van der Waals surface area (Å²) in [5, 5.41) is 10.3. The number of phenolic OH excluding ortho intramolecular Hbond substituents is 1. The van der Waals surface area contributed by atoms with E-state index in [1.807, 2.05) is 32.0 Å². The average Bonchev–Trinajstić information content (AvgIpc) is 2.62. The van der Waals surface area contributed by atoms with Crippen molar-refractivity contribution in [2.75, 3.05) is 7.11 Å². The number of fused-ring (bicyclic) bond motifs is 2. The molecular weight excluding hydrogens is 330 g/mol. The minimum atomic E-state index is -0.404. The highest BCUT2D eigenvalue weighted by atomic mass is 16.5. The van der Waals surface area contributed by atoms with Crippen LogP contribution in [0.4, 0.5) is 0 Å². The fourth-order valence-electron chi connectivity index (χ4n) is 2.85. The van der Waals surface area contributed by atoms with E-state index in [0.29, 0.717) is 29.0 Å². The molecule has 0 fully saturated rings. The monoisotopic (exact) mass is 351 g/mol. The number of ether oxygens (including phenoxy) is 2. The van der Waals surface area contributed by atoms with E-state index in [1.54, 1.807) is 43.6 Å². The normalized spacial score (nSPS) is 14.7. The Balaban J connectivity index is 0.000000158. The van der Waals surface area contributed by atoms with Gasteiger partial charge in [0.25, 0.3) is 0 Å². The molecule has 134 valence electrons. The summed E-state index contributed by atoms with van der Waals surface area (Å²) in [7, 11) is 1.58. The average molecular weight is 351 g/mol. The fourth-order valence-corrected chi connectivity index (χ4v) is 2.85. The van der Waals surface area contributed by atoms with E-state index in [9.17, 15) is 9.90 Å². The molecule has 26 heavy (non-hydrogen) atoms. The van der Waals surface area contributed by atoms with Crippen LogP contribution < -0.4 is 9.47 Å². The van der Waals surface area contributed by atoms with Crippen LogP contribution in [0.15, 0.2) is 54.7 Å². The molecule has 5 heteroatoms. The molecule has 1 aliphatic heterocycles. The minimum Gasteiger partial charge on any atom is -0.506 e. The lowest BCUT2D eigenvalue weighted by Gasteiger charge is -2.31. The lowest BCUT2D eigenvalue weighted by molar-refractivity contribution is 0.0619. The van der Waals surface area contributed by atoms with Crippen LogP contribution in [0.2, 0.25) is 0 Å². The van der Waals surface area contributed by atoms with Gasteiger partial charge in [0.2, 0.25) is 0 Å². The first-order valence-corrected chi connectivity index (χ1v) is 8.32. The van der Waals surface area contributed by atoms with Crippen LogP contribution in [0.25, 0.3) is 10.9 Å². The Labute approximate surface area is 152 Å². The van der Waals surface area contributed by atoms with Crippen LogP contribution >= 0.6 is 0 Å². The maximum absolute atomic E-state index is 11.8. The van der Waals surface area contributed by atoms with Crippen molar-refractivity contribution in [3.63, 3.8) is 0 Å². The molecule has 0 radical (unpaired) electrons. The van der Waals surface area contributed by atoms with Gasteiger partial charge in [-0.1, -0.05) is 18.2 Å². The molecule has 0 spiro atoms. The maximum atomic E-state index is 11.8. The lowest BCUT2D eigenvalue weighted by Crippen LogP contribution is -2.35. The summed E-state index contributed by atoms with van der Waals surface area (Å²) in [6.45, 7) is 3.83. The summed E-state index contributed by atoms with van der Waals surface area (Å²) in [6.07, 6.45) is 2.08. The quantitative estimate of drug-likeness (QED) is 0.705. The number of phenols is 1. The van der Waals surface area contributed by atoms with Crippen molar-refractivity contribution in [2.45, 2.75) is 25.9 Å². The predicted octanol–water partition coefficient (Wildman–Crippen LogP) is 4.38. The number of aromatic nitrogens is 1. The van der Waals surface area contributed by atoms with Gasteiger partial charge < -0.3 is 14.6 Å². The summed E-state index contributed by atoms with van der Waals surface area (Å²) in [5.74, 6) is 1.69. The van der Waals surface area contributed by atoms with Crippen molar-refractivity contribution in [2.24, 2.45) is 0 Å². The van der Waals surface area contributed by atoms with Gasteiger partial charge in [0.1, 0.15) is 28.4 Å². The molecular formula is C21H21NO4. The van der Waals surface area contributed by atoms with E-state index in [0.717, 1.165) is 5.39 Å². The molecule has 0 atom stereocenters. The molecule has 3 aromatic rings. The van der Waals surface area contributed by atoms with Gasteiger partial charge in [0.15, 0.2) is 5.78 Å². The largest absolute Gasteiger partial charge is 0.506 e. The number of pyridine rings is 1. The topological polar surface area (TPSA) is 68.7 Å². The first-order chi connectivity index (χ1) is 12.4. The Hall–Kier alpha value is -3.08. The number of para-hydroxylation sites is 1. The highest BCUT2D eigenvalue weighted by Gasteiger charge is 2.32. The standard InChI is InChI=1S/C12H14O3.C9H7NO/c1-12(2)7-10(13)9-6-8(14-3)4-5-11(9)15-12;11-8-5-1-3-7-4-2-6-10-9(7)8/h4-6H,7H2,1-3H3;1-6,11H. The SMILES string of the molecule is COc1ccc2c(c1)C(=O)CC(C)(C)O2.Oc1cccc2cccnc12. The number of hydrogen-bond donors (Lipinski definition) is 1. The number of rotatable bonds is 1. The molecule has 0 unspecified atom stereocenters. The highest BCUT2D eigenvalue weighted by Crippen LogP contribution is 2.34. The molecule has 0 saturated heterocycles. The first kappa shape index (κ1) is 17.7. The van der Waals surface area contributed by atoms with E-state index < -0.39 is 5.60 Å². The van der Waals surface area contributed by atoms with Crippen LogP contribution in [0.3, 0.4) is 0 Å². The van der Waals surface area contributed by atoms with Crippen molar-refractivity contribution < 1.29 is 19.4 Å². The molecule has 1 N–H and O–H groups in total. The zero-order valence-corrected chi connectivity index (χ0v) is 15.0. The first-order valence-electron chi connectivity index (χ1n) is 8.32. The molecule has 4 rings (SSSR count). The van der Waals surface area contributed by atoms with Gasteiger partial charge >= 0.3 is 0 Å². The smallest absolute Gasteiger partial charge is 0.170 e. The van der Waals surface area contributed by atoms with E-state index in [4.69, 9.17) is 9.47 Å². The molecule has 0 amide bonds. The summed E-state index contributed by atoms with van der Waals surface area (Å²) in [4.78, 5) is 15.9. The number of aromatic hydroxyl groups is 1. The summed E-state index contributed by atoms with van der Waals surface area (Å²) >= 11 is 0. The minimum absolute atomic E-state index is 0.111. The van der Waals surface area contributed by atoms with Gasteiger partial charge in [-0.3, -0.25) is 9.78 Å². The Kier molecular flexibility index (Phi) is 4.80. The summed E-state index contributed by atoms with van der Waals surface area (Å²) in [5.41, 5.74) is 0.877. The molecule has 0 aliphatic carbocycles. The third-order valence-corrected chi connectivity index (χ3v) is 4.07. The number of carbonyl (C=O) groups is 1. The maximum Gasteiger partial charge on any atom is 0.170 e. The van der Waals surface area contributed by atoms with E-state index in [1.165, 1.54) is 0 Å². The van der Waals surface area contributed by atoms with Crippen LogP contribution in [0, 0.1) is 0 Å². The van der Waals surface area contributed by atoms with Gasteiger partial charge in [-0.15, -0.1) is 0 Å². The number of methoxy groups -OCH3 is 1. The van der Waals surface area contributed by atoms with Crippen LogP contribution in [0.1, 0.15) is 30.6 Å². The molecule has 0 bridgehead atoms. The Morgan fingerprint density at radius 3 is 2.65 bits per heavy atom. The number of Topliss-reactive ketones (excluding diaryl/α,β-unsaturated/α-hetero) is 1. The van der Waals surface area contributed by atoms with Crippen molar-refractivity contribution in [3.8, 4) is 17.2 Å². The molecule has 2 aromatic carbocycles. The second-order valence-electron chi connectivity index (χ2n) is 6.68. The highest BCUT2D eigenvalue weighted by molar-refractivity contribution is 6.00. The predicted molar refractivity (Wildman–Crippen MR) is 100 cm³/mol. The van der Waals surface area contributed by atoms with E-state index in [2.05, 4.69) is 4.98 Å². The van der Waals surface area contributed by atoms with Gasteiger partial charge in [-0.05, 0) is 44.2 Å². The number of benzene rings is 2. The van der Waals surface area contributed by atoms with Crippen LogP contribution in [-0.4, -0.2) is 28.6 Å². The molecule has 1 aromatic heterocycles. The van der Waals surface area contributed by atoms with Crippen molar-refractivity contribution in [3.05, 3.63) is 60.3 Å². The third kappa shape index (κ3) is 3.77. The van der Waals surface area contributed by atoms with Gasteiger partial charge in [-0.25, -0.2) is 0 Å². The summed E-state index contributed by atoms with van der Waals surface area (Å²) in [6, 6.07) is 14.4. The van der Waals surface area contributed by atoms with Crippen molar-refractivity contribution in [1.82, 2.24) is 4.98 Å². The zero-order valence-electron chi connectivity index (χ0n) is 15.0. The number of nitrogens with zero attached hydrogens (tertiary/aromatic N) is 1. The Morgan fingerprint density at radius 2 is 1.92 bits per heavy atom. The second kappa shape index (κ2) is 7.04. The van der Waals surface area contributed by atoms with Crippen molar-refractivity contribution >= 4 is 16.7 Å². The zero-order chi connectivity index (χ0) is 18.7. The third-order valence-electron chi connectivity index (χ3n) is 4.07. The van der Waals surface area contributed by atoms with E-state index in [-0.39, 0.29) is 11.5 Å². The lowest BCUT2D eigenvalue weighted by atomic mass is 9.93. The summed E-state index contributed by atoms with van der Waals surface area (Å²) < 4.78 is 10.8. The molecule has 2 heterocycles. The van der Waals surface area contributed by atoms with Crippen LogP contribution in [0.5, 0.6) is 17.2 Å². The van der Waals surface area contributed by atoms with Crippen LogP contribution in [-0.2, 0) is 0 Å². The second-order valence-corrected chi connectivity index (χ2v) is 6.68. The van der Waals surface area contributed by atoms with Gasteiger partial charge in [0, 0.05) is 11.6 Å². The number of ketones is 1. The molecule has 1 aliphatic rings. The number of hydrogen-bond acceptors (Lipinski definition) is 5. The van der Waals surface area contributed by atoms with Gasteiger partial charge in [0.05, 0.1) is 19.1 Å². The van der Waals surface area contributed by atoms with E-state index >= 15 is 0 Å². The Bertz CT molecular complexity index is 944. The molecule has 5 nitrogen and oxygen atoms in total. The Morgan fingerprint density at radius 1 is 1.15 bits per heavy atom. The van der Waals surface area contributed by atoms with Gasteiger partial charge in [-0.2, -0.15) is 0 Å². The fraction of sp³-hybridized carbons (Fsp3) is 0.238. The molecule has 0 saturated carbocycles.